The summed E-state index contributed by atoms with van der Waals surface area (Å²) in [6, 6.07) is 19.2. The Kier molecular flexibility index (Phi) is 2.75. The zero-order valence-electron chi connectivity index (χ0n) is 11.4. The van der Waals surface area contributed by atoms with Crippen molar-refractivity contribution in [1.29, 1.82) is 0 Å². The van der Waals surface area contributed by atoms with E-state index in [-0.39, 0.29) is 0 Å². The van der Waals surface area contributed by atoms with Crippen LogP contribution in [-0.4, -0.2) is 4.57 Å². The molecule has 1 nitrogen and oxygen atoms in total. The molecular weight excluding hydrogens is 230 g/mol. The van der Waals surface area contributed by atoms with E-state index >= 15 is 0 Å². The summed E-state index contributed by atoms with van der Waals surface area (Å²) in [4.78, 5) is 0. The van der Waals surface area contributed by atoms with Gasteiger partial charge in [0.05, 0.1) is 0 Å². The van der Waals surface area contributed by atoms with Gasteiger partial charge in [-0.2, -0.15) is 0 Å². The smallest absolute Gasteiger partial charge is 0.0488 e. The molecular formula is C18H17N. The molecule has 1 heteroatoms. The highest BCUT2D eigenvalue weighted by atomic mass is 14.9. The van der Waals surface area contributed by atoms with E-state index in [0.29, 0.717) is 0 Å². The number of nitrogens with zero attached hydrogens (tertiary/aromatic N) is 1. The first kappa shape index (κ1) is 11.8. The van der Waals surface area contributed by atoms with E-state index < -0.39 is 0 Å². The minimum Gasteiger partial charge on any atom is -0.344 e. The van der Waals surface area contributed by atoms with Crippen molar-refractivity contribution in [1.82, 2.24) is 4.57 Å². The standard InChI is InChI=1S/C18H17N/c1-13-8-10-15(11-9-13)14(2)18-12-16-6-4-5-7-17(16)19(18)3/h4-12H,2H2,1,3H3. The maximum atomic E-state index is 4.26. The lowest BCUT2D eigenvalue weighted by Gasteiger charge is -2.08. The molecule has 0 aliphatic heterocycles. The first-order valence-electron chi connectivity index (χ1n) is 6.47. The van der Waals surface area contributed by atoms with Crippen LogP contribution in [0.4, 0.5) is 0 Å². The van der Waals surface area contributed by atoms with Gasteiger partial charge >= 0.3 is 0 Å². The number of rotatable bonds is 2. The van der Waals surface area contributed by atoms with Crippen molar-refractivity contribution in [3.63, 3.8) is 0 Å². The van der Waals surface area contributed by atoms with Crippen molar-refractivity contribution in [3.8, 4) is 0 Å². The number of hydrogen-bond donors (Lipinski definition) is 0. The molecule has 0 radical (unpaired) electrons. The average Bonchev–Trinajstić information content (AvgIpc) is 2.77. The van der Waals surface area contributed by atoms with Crippen molar-refractivity contribution in [2.45, 2.75) is 6.92 Å². The maximum Gasteiger partial charge on any atom is 0.0488 e. The zero-order valence-corrected chi connectivity index (χ0v) is 11.4. The van der Waals surface area contributed by atoms with Gasteiger partial charge in [0.15, 0.2) is 0 Å². The lowest BCUT2D eigenvalue weighted by molar-refractivity contribution is 0.949. The zero-order chi connectivity index (χ0) is 13.4. The normalized spacial score (nSPS) is 10.8. The summed E-state index contributed by atoms with van der Waals surface area (Å²) in [6.07, 6.45) is 0. The number of aromatic nitrogens is 1. The summed E-state index contributed by atoms with van der Waals surface area (Å²) in [5, 5.41) is 1.26. The summed E-state index contributed by atoms with van der Waals surface area (Å²) in [6.45, 7) is 6.36. The fourth-order valence-electron chi connectivity index (χ4n) is 2.48. The quantitative estimate of drug-likeness (QED) is 0.626. The van der Waals surface area contributed by atoms with Gasteiger partial charge in [0.25, 0.3) is 0 Å². The highest BCUT2D eigenvalue weighted by Crippen LogP contribution is 2.27. The Hall–Kier alpha value is -2.28. The molecule has 1 aromatic heterocycles. The van der Waals surface area contributed by atoms with E-state index in [9.17, 15) is 0 Å². The molecule has 0 unspecified atom stereocenters. The first-order valence-corrected chi connectivity index (χ1v) is 6.47. The highest BCUT2D eigenvalue weighted by molar-refractivity contribution is 5.88. The Bertz CT molecular complexity index is 745. The van der Waals surface area contributed by atoms with Crippen LogP contribution in [0.15, 0.2) is 61.2 Å². The van der Waals surface area contributed by atoms with Crippen LogP contribution in [0.3, 0.4) is 0 Å². The van der Waals surface area contributed by atoms with Crippen LogP contribution in [0.2, 0.25) is 0 Å². The average molecular weight is 247 g/mol. The number of hydrogen-bond acceptors (Lipinski definition) is 0. The number of para-hydroxylation sites is 1. The topological polar surface area (TPSA) is 4.93 Å². The third-order valence-corrected chi connectivity index (χ3v) is 3.66. The third kappa shape index (κ3) is 1.97. The predicted octanol–water partition coefficient (Wildman–Crippen LogP) is 4.55. The molecule has 0 aliphatic carbocycles. The molecule has 0 saturated carbocycles. The molecule has 3 rings (SSSR count). The summed E-state index contributed by atoms with van der Waals surface area (Å²) >= 11 is 0. The molecule has 19 heavy (non-hydrogen) atoms. The molecule has 0 spiro atoms. The Morgan fingerprint density at radius 1 is 1.00 bits per heavy atom. The second kappa shape index (κ2) is 4.43. The van der Waals surface area contributed by atoms with Crippen LogP contribution >= 0.6 is 0 Å². The van der Waals surface area contributed by atoms with Crippen molar-refractivity contribution < 1.29 is 0 Å². The minimum atomic E-state index is 1.07. The van der Waals surface area contributed by atoms with Gasteiger partial charge in [-0.15, -0.1) is 0 Å². The van der Waals surface area contributed by atoms with Crippen molar-refractivity contribution >= 4 is 16.5 Å². The summed E-state index contributed by atoms with van der Waals surface area (Å²) < 4.78 is 2.21. The molecule has 2 aromatic carbocycles. The molecule has 1 heterocycles. The first-order chi connectivity index (χ1) is 9.16. The Morgan fingerprint density at radius 2 is 1.68 bits per heavy atom. The lowest BCUT2D eigenvalue weighted by Crippen LogP contribution is -1.95. The molecule has 94 valence electrons. The maximum absolute atomic E-state index is 4.26. The van der Waals surface area contributed by atoms with E-state index in [1.165, 1.54) is 27.7 Å². The van der Waals surface area contributed by atoms with Crippen LogP contribution in [0.5, 0.6) is 0 Å². The second-order valence-electron chi connectivity index (χ2n) is 4.99. The van der Waals surface area contributed by atoms with Crippen molar-refractivity contribution in [2.75, 3.05) is 0 Å². The van der Waals surface area contributed by atoms with Gasteiger partial charge < -0.3 is 4.57 Å². The molecule has 0 N–H and O–H groups in total. The molecule has 0 bridgehead atoms. The van der Waals surface area contributed by atoms with E-state index in [1.807, 2.05) is 0 Å². The molecule has 0 atom stereocenters. The van der Waals surface area contributed by atoms with Crippen LogP contribution in [0, 0.1) is 6.92 Å². The van der Waals surface area contributed by atoms with Crippen molar-refractivity contribution in [3.05, 3.63) is 78.0 Å². The number of aryl methyl sites for hydroxylation is 2. The van der Waals surface area contributed by atoms with Gasteiger partial charge in [0, 0.05) is 23.6 Å². The second-order valence-corrected chi connectivity index (χ2v) is 4.99. The number of fused-ring (bicyclic) bond motifs is 1. The van der Waals surface area contributed by atoms with Crippen LogP contribution in [-0.2, 0) is 7.05 Å². The summed E-state index contributed by atoms with van der Waals surface area (Å²) in [5.41, 5.74) is 5.93. The van der Waals surface area contributed by atoms with Gasteiger partial charge in [0.1, 0.15) is 0 Å². The van der Waals surface area contributed by atoms with Gasteiger partial charge in [-0.3, -0.25) is 0 Å². The largest absolute Gasteiger partial charge is 0.344 e. The highest BCUT2D eigenvalue weighted by Gasteiger charge is 2.09. The van der Waals surface area contributed by atoms with Crippen LogP contribution in [0.1, 0.15) is 16.8 Å². The fourth-order valence-corrected chi connectivity index (χ4v) is 2.48. The molecule has 3 aromatic rings. The summed E-state index contributed by atoms with van der Waals surface area (Å²) in [5.74, 6) is 0. The third-order valence-electron chi connectivity index (χ3n) is 3.66. The Labute approximate surface area is 113 Å². The Balaban J connectivity index is 2.11. The van der Waals surface area contributed by atoms with Gasteiger partial charge in [-0.1, -0.05) is 54.6 Å². The van der Waals surface area contributed by atoms with E-state index in [4.69, 9.17) is 0 Å². The minimum absolute atomic E-state index is 1.07. The molecule has 0 fully saturated rings. The predicted molar refractivity (Wildman–Crippen MR) is 82.2 cm³/mol. The van der Waals surface area contributed by atoms with Crippen LogP contribution in [0.25, 0.3) is 16.5 Å². The van der Waals surface area contributed by atoms with E-state index in [1.54, 1.807) is 0 Å². The molecule has 0 amide bonds. The fraction of sp³-hybridized carbons (Fsp3) is 0.111. The van der Waals surface area contributed by atoms with Gasteiger partial charge in [-0.05, 0) is 30.2 Å². The lowest BCUT2D eigenvalue weighted by atomic mass is 10.0. The molecule has 0 aliphatic rings. The Morgan fingerprint density at radius 3 is 2.37 bits per heavy atom. The number of benzene rings is 2. The van der Waals surface area contributed by atoms with Crippen molar-refractivity contribution in [2.24, 2.45) is 7.05 Å². The monoisotopic (exact) mass is 247 g/mol. The molecule has 0 saturated heterocycles. The van der Waals surface area contributed by atoms with Crippen LogP contribution < -0.4 is 0 Å². The van der Waals surface area contributed by atoms with E-state index in [2.05, 4.69) is 79.7 Å². The van der Waals surface area contributed by atoms with Gasteiger partial charge in [-0.25, -0.2) is 0 Å². The van der Waals surface area contributed by atoms with Gasteiger partial charge in [0.2, 0.25) is 0 Å². The summed E-state index contributed by atoms with van der Waals surface area (Å²) in [7, 11) is 2.09. The van der Waals surface area contributed by atoms with E-state index in [0.717, 1.165) is 5.57 Å². The SMILES string of the molecule is C=C(c1ccc(C)cc1)c1cc2ccccc2n1C.